The number of unbranched alkanes of at least 4 members (excludes halogenated alkanes) is 2. The van der Waals surface area contributed by atoms with E-state index >= 15 is 0 Å². The number of benzene rings is 2. The number of phenols is 1. The van der Waals surface area contributed by atoms with Crippen molar-refractivity contribution in [2.75, 3.05) is 6.54 Å². The fourth-order valence-electron chi connectivity index (χ4n) is 4.77. The van der Waals surface area contributed by atoms with Gasteiger partial charge in [-0.3, -0.25) is 9.59 Å². The molecule has 0 saturated carbocycles. The zero-order valence-corrected chi connectivity index (χ0v) is 26.5. The van der Waals surface area contributed by atoms with Crippen LogP contribution in [0.2, 0.25) is 0 Å². The fraction of sp³-hybridized carbons (Fsp3) is 0.559. The molecule has 0 aliphatic rings. The van der Waals surface area contributed by atoms with Crippen LogP contribution in [0, 0.1) is 5.92 Å². The average molecular weight is 582 g/mol. The van der Waals surface area contributed by atoms with Gasteiger partial charge in [-0.2, -0.15) is 0 Å². The molecule has 3 amide bonds. The summed E-state index contributed by atoms with van der Waals surface area (Å²) in [5.74, 6) is -0.102. The maximum atomic E-state index is 14.6. The number of phenolic OH excluding ortho intramolecular Hbond substituents is 1. The molecule has 0 aliphatic heterocycles. The number of carbonyl (C=O) groups is 3. The average Bonchev–Trinajstić information content (AvgIpc) is 2.92. The van der Waals surface area contributed by atoms with Crippen molar-refractivity contribution < 1.29 is 24.2 Å². The highest BCUT2D eigenvalue weighted by Crippen LogP contribution is 2.28. The summed E-state index contributed by atoms with van der Waals surface area (Å²) in [6, 6.07) is 13.7. The quantitative estimate of drug-likeness (QED) is 0.207. The topological polar surface area (TPSA) is 108 Å². The lowest BCUT2D eigenvalue weighted by Crippen LogP contribution is -2.56. The van der Waals surface area contributed by atoms with Crippen molar-refractivity contribution >= 4 is 17.9 Å². The fourth-order valence-corrected chi connectivity index (χ4v) is 4.77. The van der Waals surface area contributed by atoms with E-state index in [4.69, 9.17) is 4.74 Å². The number of nitrogens with one attached hydrogen (secondary N) is 2. The van der Waals surface area contributed by atoms with Crippen LogP contribution in [0.15, 0.2) is 54.6 Å². The first-order valence-electron chi connectivity index (χ1n) is 15.2. The molecule has 8 nitrogen and oxygen atoms in total. The van der Waals surface area contributed by atoms with Gasteiger partial charge in [-0.15, -0.1) is 0 Å². The minimum atomic E-state index is -1.01. The number of nitrogens with zero attached hydrogens (tertiary/aromatic N) is 1. The van der Waals surface area contributed by atoms with E-state index in [2.05, 4.69) is 31.4 Å². The summed E-state index contributed by atoms with van der Waals surface area (Å²) >= 11 is 0. The van der Waals surface area contributed by atoms with Crippen LogP contribution in [0.4, 0.5) is 4.79 Å². The minimum Gasteiger partial charge on any atom is -0.508 e. The van der Waals surface area contributed by atoms with Crippen molar-refractivity contribution in [2.24, 2.45) is 5.92 Å². The van der Waals surface area contributed by atoms with E-state index in [0.29, 0.717) is 24.4 Å². The molecule has 0 aromatic heterocycles. The Morgan fingerprint density at radius 3 is 2.14 bits per heavy atom. The van der Waals surface area contributed by atoms with Crippen LogP contribution in [0.5, 0.6) is 5.75 Å². The summed E-state index contributed by atoms with van der Waals surface area (Å²) in [6.07, 6.45) is 3.88. The van der Waals surface area contributed by atoms with Crippen LogP contribution >= 0.6 is 0 Å². The number of aromatic hydroxyl groups is 1. The lowest BCUT2D eigenvalue weighted by atomic mass is 9.96. The van der Waals surface area contributed by atoms with Gasteiger partial charge in [0.25, 0.3) is 0 Å². The number of hydrogen-bond acceptors (Lipinski definition) is 5. The largest absolute Gasteiger partial charge is 0.508 e. The van der Waals surface area contributed by atoms with E-state index < -0.39 is 23.8 Å². The Labute approximate surface area is 252 Å². The number of alkyl carbamates (subject to hydrolysis) is 1. The molecule has 232 valence electrons. The van der Waals surface area contributed by atoms with Gasteiger partial charge >= 0.3 is 6.09 Å². The van der Waals surface area contributed by atoms with Crippen molar-refractivity contribution in [1.82, 2.24) is 15.5 Å². The highest BCUT2D eigenvalue weighted by molar-refractivity contribution is 5.92. The maximum Gasteiger partial charge on any atom is 0.408 e. The summed E-state index contributed by atoms with van der Waals surface area (Å²) in [6.45, 7) is 14.1. The summed E-state index contributed by atoms with van der Waals surface area (Å²) in [4.78, 5) is 43.1. The lowest BCUT2D eigenvalue weighted by molar-refractivity contribution is -0.145. The van der Waals surface area contributed by atoms with E-state index in [9.17, 15) is 19.5 Å². The molecule has 2 aromatic rings. The smallest absolute Gasteiger partial charge is 0.408 e. The Morgan fingerprint density at radius 2 is 1.57 bits per heavy atom. The molecule has 2 rings (SSSR count). The summed E-state index contributed by atoms with van der Waals surface area (Å²) in [5.41, 5.74) is 0.693. The standard InChI is InChI=1S/C34H51N3O5/c1-8-9-13-22-35-31(39)30(27-14-11-10-12-15-27)37(25(4)17-16-24(2)3)32(40)29(36-33(41)42-34(5,6)7)23-26-18-20-28(38)21-19-26/h10-12,14-15,18-21,24-25,29-30,38H,8-9,13,16-17,22-23H2,1-7H3,(H,35,39)(H,36,41). The van der Waals surface area contributed by atoms with Gasteiger partial charge in [-0.25, -0.2) is 4.79 Å². The lowest BCUT2D eigenvalue weighted by Gasteiger charge is -2.39. The molecule has 0 radical (unpaired) electrons. The highest BCUT2D eigenvalue weighted by atomic mass is 16.6. The number of ether oxygens (including phenoxy) is 1. The van der Waals surface area contributed by atoms with Gasteiger partial charge in [0.05, 0.1) is 0 Å². The molecule has 42 heavy (non-hydrogen) atoms. The van der Waals surface area contributed by atoms with Gasteiger partial charge in [-0.1, -0.05) is 76.1 Å². The molecule has 3 atom stereocenters. The Morgan fingerprint density at radius 1 is 0.929 bits per heavy atom. The molecule has 3 N–H and O–H groups in total. The van der Waals surface area contributed by atoms with Gasteiger partial charge in [-0.05, 0) is 76.1 Å². The zero-order valence-electron chi connectivity index (χ0n) is 26.5. The van der Waals surface area contributed by atoms with Gasteiger partial charge in [0, 0.05) is 19.0 Å². The molecule has 0 bridgehead atoms. The van der Waals surface area contributed by atoms with Crippen molar-refractivity contribution in [3.8, 4) is 5.75 Å². The molecule has 3 unspecified atom stereocenters. The molecular weight excluding hydrogens is 530 g/mol. The molecule has 0 fully saturated rings. The van der Waals surface area contributed by atoms with E-state index in [1.807, 2.05) is 37.3 Å². The monoisotopic (exact) mass is 581 g/mol. The Bertz CT molecular complexity index is 1110. The predicted octanol–water partition coefficient (Wildman–Crippen LogP) is 6.53. The first-order valence-corrected chi connectivity index (χ1v) is 15.2. The second kappa shape index (κ2) is 16.8. The van der Waals surface area contributed by atoms with Crippen LogP contribution in [-0.2, 0) is 20.7 Å². The molecule has 0 heterocycles. The van der Waals surface area contributed by atoms with Crippen LogP contribution in [0.3, 0.4) is 0 Å². The van der Waals surface area contributed by atoms with E-state index in [1.54, 1.807) is 49.9 Å². The first-order chi connectivity index (χ1) is 19.8. The molecule has 0 aliphatic carbocycles. The minimum absolute atomic E-state index is 0.106. The van der Waals surface area contributed by atoms with E-state index in [0.717, 1.165) is 31.2 Å². The van der Waals surface area contributed by atoms with E-state index in [1.165, 1.54) is 0 Å². The van der Waals surface area contributed by atoms with Crippen molar-refractivity contribution in [2.45, 2.75) is 111 Å². The Kier molecular flexibility index (Phi) is 13.8. The molecule has 0 spiro atoms. The van der Waals surface area contributed by atoms with Crippen LogP contribution in [-0.4, -0.2) is 52.1 Å². The maximum absolute atomic E-state index is 14.6. The van der Waals surface area contributed by atoms with Crippen LogP contribution in [0.25, 0.3) is 0 Å². The van der Waals surface area contributed by atoms with Gasteiger partial charge in [0.2, 0.25) is 11.8 Å². The highest BCUT2D eigenvalue weighted by Gasteiger charge is 2.38. The van der Waals surface area contributed by atoms with Crippen LogP contribution < -0.4 is 10.6 Å². The summed E-state index contributed by atoms with van der Waals surface area (Å²) < 4.78 is 5.52. The third-order valence-corrected chi connectivity index (χ3v) is 6.98. The number of amides is 3. The van der Waals surface area contributed by atoms with Crippen molar-refractivity contribution in [3.63, 3.8) is 0 Å². The van der Waals surface area contributed by atoms with E-state index in [-0.39, 0.29) is 30.0 Å². The van der Waals surface area contributed by atoms with Crippen LogP contribution in [0.1, 0.15) is 97.7 Å². The molecule has 8 heteroatoms. The van der Waals surface area contributed by atoms with Gasteiger partial charge in [0.15, 0.2) is 0 Å². The number of rotatable bonds is 15. The summed E-state index contributed by atoms with van der Waals surface area (Å²) in [5, 5.41) is 15.7. The second-order valence-electron chi connectivity index (χ2n) is 12.4. The first kappa shape index (κ1) is 34.7. The van der Waals surface area contributed by atoms with Crippen molar-refractivity contribution in [1.29, 1.82) is 0 Å². The Balaban J connectivity index is 2.57. The van der Waals surface area contributed by atoms with Gasteiger partial charge in [0.1, 0.15) is 23.4 Å². The zero-order chi connectivity index (χ0) is 31.3. The Hall–Kier alpha value is -3.55. The predicted molar refractivity (Wildman–Crippen MR) is 167 cm³/mol. The number of hydrogen-bond donors (Lipinski definition) is 3. The third-order valence-electron chi connectivity index (χ3n) is 6.98. The molecule has 2 aromatic carbocycles. The summed E-state index contributed by atoms with van der Waals surface area (Å²) in [7, 11) is 0. The normalized spacial score (nSPS) is 13.6. The third kappa shape index (κ3) is 11.7. The van der Waals surface area contributed by atoms with Gasteiger partial charge < -0.3 is 25.4 Å². The molecule has 0 saturated heterocycles. The SMILES string of the molecule is CCCCCNC(=O)C(c1ccccc1)N(C(=O)C(Cc1ccc(O)cc1)NC(=O)OC(C)(C)C)C(C)CCC(C)C. The number of carbonyl (C=O) groups excluding carboxylic acids is 3. The molecular formula is C34H51N3O5. The second-order valence-corrected chi connectivity index (χ2v) is 12.4. The van der Waals surface area contributed by atoms with Crippen molar-refractivity contribution in [3.05, 3.63) is 65.7 Å².